The van der Waals surface area contributed by atoms with Crippen molar-refractivity contribution >= 4 is 5.91 Å². The van der Waals surface area contributed by atoms with Crippen LogP contribution in [0.1, 0.15) is 34.5 Å². The number of hydrogen-bond donors (Lipinski definition) is 2. The molecule has 0 aliphatic carbocycles. The Hall–Kier alpha value is -2.20. The molecule has 2 rings (SSSR count). The van der Waals surface area contributed by atoms with Crippen LogP contribution in [0, 0.1) is 5.82 Å². The summed E-state index contributed by atoms with van der Waals surface area (Å²) in [7, 11) is 0. The van der Waals surface area contributed by atoms with E-state index in [1.807, 2.05) is 19.1 Å². The van der Waals surface area contributed by atoms with E-state index in [2.05, 4.69) is 5.32 Å². The van der Waals surface area contributed by atoms with Crippen molar-refractivity contribution in [2.75, 3.05) is 6.54 Å². The maximum absolute atomic E-state index is 13.2. The highest BCUT2D eigenvalue weighted by molar-refractivity contribution is 5.94. The molecule has 2 aromatic rings. The van der Waals surface area contributed by atoms with Gasteiger partial charge in [-0.2, -0.15) is 0 Å². The molecule has 3 nitrogen and oxygen atoms in total. The monoisotopic (exact) mass is 286 g/mol. The van der Waals surface area contributed by atoms with Crippen LogP contribution in [0.5, 0.6) is 0 Å². The van der Waals surface area contributed by atoms with Gasteiger partial charge in [0.1, 0.15) is 5.82 Å². The highest BCUT2D eigenvalue weighted by Crippen LogP contribution is 2.14. The number of halogens is 1. The zero-order valence-electron chi connectivity index (χ0n) is 12.0. The van der Waals surface area contributed by atoms with E-state index in [0.29, 0.717) is 12.1 Å². The van der Waals surface area contributed by atoms with E-state index >= 15 is 0 Å². The molecular weight excluding hydrogens is 267 g/mol. The van der Waals surface area contributed by atoms with Crippen LogP contribution in [-0.2, 0) is 6.42 Å². The smallest absolute Gasteiger partial charge is 0.251 e. The number of hydrogen-bond acceptors (Lipinski definition) is 2. The van der Waals surface area contributed by atoms with Crippen molar-refractivity contribution in [1.29, 1.82) is 0 Å². The Labute approximate surface area is 124 Å². The molecule has 4 heteroatoms. The molecule has 1 atom stereocenters. The number of amides is 1. The van der Waals surface area contributed by atoms with E-state index in [9.17, 15) is 9.18 Å². The van der Waals surface area contributed by atoms with Crippen LogP contribution < -0.4 is 11.1 Å². The molecule has 0 aromatic heterocycles. The largest absolute Gasteiger partial charge is 0.346 e. The summed E-state index contributed by atoms with van der Waals surface area (Å²) in [6.45, 7) is 2.41. The topological polar surface area (TPSA) is 55.1 Å². The third-order valence-electron chi connectivity index (χ3n) is 3.35. The minimum Gasteiger partial charge on any atom is -0.346 e. The van der Waals surface area contributed by atoms with Crippen molar-refractivity contribution in [2.24, 2.45) is 5.73 Å². The molecule has 0 spiro atoms. The summed E-state index contributed by atoms with van der Waals surface area (Å²) in [6.07, 6.45) is 0.793. The third kappa shape index (κ3) is 4.13. The van der Waals surface area contributed by atoms with Gasteiger partial charge in [-0.25, -0.2) is 4.39 Å². The number of nitrogens with one attached hydrogen (secondary N) is 1. The molecule has 21 heavy (non-hydrogen) atoms. The van der Waals surface area contributed by atoms with Crippen LogP contribution in [0.4, 0.5) is 4.39 Å². The molecule has 110 valence electrons. The van der Waals surface area contributed by atoms with Gasteiger partial charge in [0, 0.05) is 5.56 Å². The van der Waals surface area contributed by atoms with Gasteiger partial charge in [0.25, 0.3) is 5.91 Å². The van der Waals surface area contributed by atoms with E-state index in [4.69, 9.17) is 5.73 Å². The molecular formula is C17H19FN2O. The fraction of sp³-hybridized carbons (Fsp3) is 0.235. The van der Waals surface area contributed by atoms with Gasteiger partial charge >= 0.3 is 0 Å². The Kier molecular flexibility index (Phi) is 5.06. The Balaban J connectivity index is 2.03. The summed E-state index contributed by atoms with van der Waals surface area (Å²) in [4.78, 5) is 12.2. The van der Waals surface area contributed by atoms with Crippen LogP contribution in [0.15, 0.2) is 48.5 Å². The van der Waals surface area contributed by atoms with Crippen LogP contribution in [-0.4, -0.2) is 12.5 Å². The molecule has 0 aliphatic heterocycles. The lowest BCUT2D eigenvalue weighted by Gasteiger charge is -2.14. The first-order valence-electron chi connectivity index (χ1n) is 6.95. The predicted octanol–water partition coefficient (Wildman–Crippen LogP) is 2.82. The van der Waals surface area contributed by atoms with Crippen molar-refractivity contribution in [3.8, 4) is 0 Å². The Bertz CT molecular complexity index is 610. The summed E-state index contributed by atoms with van der Waals surface area (Å²) < 4.78 is 13.2. The summed E-state index contributed by atoms with van der Waals surface area (Å²) in [5.74, 6) is -0.481. The number of rotatable bonds is 5. The summed E-state index contributed by atoms with van der Waals surface area (Å²) in [5, 5.41) is 2.86. The maximum Gasteiger partial charge on any atom is 0.251 e. The van der Waals surface area contributed by atoms with Gasteiger partial charge in [-0.1, -0.05) is 24.3 Å². The number of benzene rings is 2. The molecule has 0 heterocycles. The highest BCUT2D eigenvalue weighted by Gasteiger charge is 2.11. The third-order valence-corrected chi connectivity index (χ3v) is 3.35. The first kappa shape index (κ1) is 15.2. The molecule has 0 saturated carbocycles. The van der Waals surface area contributed by atoms with Gasteiger partial charge < -0.3 is 11.1 Å². The summed E-state index contributed by atoms with van der Waals surface area (Å²) in [5.41, 5.74) is 7.92. The van der Waals surface area contributed by atoms with Crippen LogP contribution in [0.25, 0.3) is 0 Å². The average molecular weight is 286 g/mol. The van der Waals surface area contributed by atoms with Crippen LogP contribution in [0.2, 0.25) is 0 Å². The predicted molar refractivity (Wildman–Crippen MR) is 81.5 cm³/mol. The van der Waals surface area contributed by atoms with Crippen molar-refractivity contribution in [2.45, 2.75) is 19.4 Å². The number of carbonyl (C=O) groups excluding carboxylic acids is 1. The van der Waals surface area contributed by atoms with Crippen molar-refractivity contribution < 1.29 is 9.18 Å². The molecule has 0 unspecified atom stereocenters. The van der Waals surface area contributed by atoms with E-state index in [1.54, 1.807) is 24.3 Å². The van der Waals surface area contributed by atoms with Crippen LogP contribution >= 0.6 is 0 Å². The van der Waals surface area contributed by atoms with Gasteiger partial charge in [0.2, 0.25) is 0 Å². The van der Waals surface area contributed by atoms with E-state index in [1.165, 1.54) is 12.1 Å². The Morgan fingerprint density at radius 1 is 1.24 bits per heavy atom. The van der Waals surface area contributed by atoms with Gasteiger partial charge in [-0.15, -0.1) is 0 Å². The number of nitrogens with two attached hydrogens (primary N) is 1. The quantitative estimate of drug-likeness (QED) is 0.888. The maximum atomic E-state index is 13.2. The van der Waals surface area contributed by atoms with Gasteiger partial charge in [-0.3, -0.25) is 4.79 Å². The van der Waals surface area contributed by atoms with Gasteiger partial charge in [0.15, 0.2) is 0 Å². The molecule has 0 fully saturated rings. The second kappa shape index (κ2) is 6.99. The average Bonchev–Trinajstić information content (AvgIpc) is 2.48. The van der Waals surface area contributed by atoms with Gasteiger partial charge in [-0.05, 0) is 55.3 Å². The number of carbonyl (C=O) groups is 1. The standard InChI is InChI=1S/C17H19FN2O/c1-12(15-3-2-4-16(18)11-15)20-17(21)14-7-5-13(6-8-14)9-10-19/h2-8,11-12H,9-10,19H2,1H3,(H,20,21)/t12-/m1/s1. The second-order valence-corrected chi connectivity index (χ2v) is 4.99. The Morgan fingerprint density at radius 3 is 2.57 bits per heavy atom. The lowest BCUT2D eigenvalue weighted by atomic mass is 10.1. The molecule has 0 saturated heterocycles. The molecule has 3 N–H and O–H groups in total. The summed E-state index contributed by atoms with van der Waals surface area (Å²) in [6, 6.07) is 13.3. The fourth-order valence-corrected chi connectivity index (χ4v) is 2.13. The van der Waals surface area contributed by atoms with Crippen LogP contribution in [0.3, 0.4) is 0 Å². The first-order chi connectivity index (χ1) is 10.1. The van der Waals surface area contributed by atoms with Gasteiger partial charge in [0.05, 0.1) is 6.04 Å². The minimum absolute atomic E-state index is 0.175. The van der Waals surface area contributed by atoms with E-state index < -0.39 is 0 Å². The summed E-state index contributed by atoms with van der Waals surface area (Å²) >= 11 is 0. The normalized spacial score (nSPS) is 12.0. The molecule has 1 amide bonds. The van der Waals surface area contributed by atoms with Crippen molar-refractivity contribution in [3.63, 3.8) is 0 Å². The van der Waals surface area contributed by atoms with Crippen molar-refractivity contribution in [1.82, 2.24) is 5.32 Å². The molecule has 0 bridgehead atoms. The zero-order valence-corrected chi connectivity index (χ0v) is 12.0. The minimum atomic E-state index is -0.306. The SMILES string of the molecule is C[C@@H](NC(=O)c1ccc(CCN)cc1)c1cccc(F)c1. The van der Waals surface area contributed by atoms with E-state index in [-0.39, 0.29) is 17.8 Å². The van der Waals surface area contributed by atoms with E-state index in [0.717, 1.165) is 17.5 Å². The lowest BCUT2D eigenvalue weighted by molar-refractivity contribution is 0.0940. The fourth-order valence-electron chi connectivity index (χ4n) is 2.13. The molecule has 0 radical (unpaired) electrons. The molecule has 0 aliphatic rings. The lowest BCUT2D eigenvalue weighted by Crippen LogP contribution is -2.26. The Morgan fingerprint density at radius 2 is 1.95 bits per heavy atom. The first-order valence-corrected chi connectivity index (χ1v) is 6.95. The van der Waals surface area contributed by atoms with Crippen molar-refractivity contribution in [3.05, 3.63) is 71.0 Å². The molecule has 2 aromatic carbocycles. The highest BCUT2D eigenvalue weighted by atomic mass is 19.1. The second-order valence-electron chi connectivity index (χ2n) is 4.99. The zero-order chi connectivity index (χ0) is 15.2.